The van der Waals surface area contributed by atoms with E-state index in [1.54, 1.807) is 31.4 Å². The number of nitrogens with zero attached hydrogens (tertiary/aromatic N) is 1. The predicted molar refractivity (Wildman–Crippen MR) is 117 cm³/mol. The predicted octanol–water partition coefficient (Wildman–Crippen LogP) is 3.89. The molecular weight excluding hydrogens is 444 g/mol. The summed E-state index contributed by atoms with van der Waals surface area (Å²) >= 11 is 8.32. The van der Waals surface area contributed by atoms with Crippen molar-refractivity contribution in [1.82, 2.24) is 4.98 Å². The summed E-state index contributed by atoms with van der Waals surface area (Å²) in [4.78, 5) is 43.5. The molecular formula is C21H15ClN2O4S2. The van der Waals surface area contributed by atoms with Crippen molar-refractivity contribution in [3.63, 3.8) is 0 Å². The number of aromatic nitrogens is 1. The second-order valence-electron chi connectivity index (χ2n) is 7.01. The molecule has 2 aliphatic heterocycles. The third-order valence-electron chi connectivity index (χ3n) is 5.38. The Bertz CT molecular complexity index is 1200. The van der Waals surface area contributed by atoms with Gasteiger partial charge in [0.2, 0.25) is 11.8 Å². The standard InChI is InChI=1S/C21H15ClN2O4S2/c1-28-13-8-2-10(3-9-13)14-15-17(29-18-16(14)30-21(27)23-18)20(26)24(19(15)25)12-6-4-11(22)5-7-12/h2-9,14-15,17H,1H3,(H,23,27)/t14-,15+,17+/m0/s1. The highest BCUT2D eigenvalue weighted by Crippen LogP contribution is 2.53. The van der Waals surface area contributed by atoms with Gasteiger partial charge in [-0.2, -0.15) is 0 Å². The van der Waals surface area contributed by atoms with Gasteiger partial charge < -0.3 is 9.72 Å². The van der Waals surface area contributed by atoms with Crippen molar-refractivity contribution in [3.05, 3.63) is 73.7 Å². The molecule has 3 atom stereocenters. The number of thioether (sulfide) groups is 1. The van der Waals surface area contributed by atoms with Gasteiger partial charge in [0.1, 0.15) is 11.0 Å². The van der Waals surface area contributed by atoms with Crippen molar-refractivity contribution in [2.75, 3.05) is 12.0 Å². The molecule has 0 saturated carbocycles. The molecule has 2 aromatic carbocycles. The lowest BCUT2D eigenvalue weighted by Crippen LogP contribution is -2.32. The molecule has 0 radical (unpaired) electrons. The number of benzene rings is 2. The number of carbonyl (C=O) groups excluding carboxylic acids is 2. The van der Waals surface area contributed by atoms with Crippen LogP contribution in [0.3, 0.4) is 0 Å². The fourth-order valence-electron chi connectivity index (χ4n) is 4.03. The molecule has 0 unspecified atom stereocenters. The molecule has 3 heterocycles. The van der Waals surface area contributed by atoms with E-state index in [4.69, 9.17) is 16.3 Å². The summed E-state index contributed by atoms with van der Waals surface area (Å²) in [5.74, 6) is -0.861. The van der Waals surface area contributed by atoms with Crippen LogP contribution in [-0.4, -0.2) is 29.2 Å². The summed E-state index contributed by atoms with van der Waals surface area (Å²) in [6, 6.07) is 14.0. The van der Waals surface area contributed by atoms with E-state index in [1.165, 1.54) is 16.7 Å². The molecule has 0 bridgehead atoms. The van der Waals surface area contributed by atoms with Crippen molar-refractivity contribution < 1.29 is 14.3 Å². The third kappa shape index (κ3) is 2.98. The number of H-pyrrole nitrogens is 1. The van der Waals surface area contributed by atoms with Crippen LogP contribution in [0.4, 0.5) is 5.69 Å². The van der Waals surface area contributed by atoms with E-state index in [0.29, 0.717) is 21.5 Å². The van der Waals surface area contributed by atoms with Crippen molar-refractivity contribution in [1.29, 1.82) is 0 Å². The zero-order valence-electron chi connectivity index (χ0n) is 15.6. The number of imide groups is 1. The van der Waals surface area contributed by atoms with Crippen LogP contribution in [0.1, 0.15) is 16.4 Å². The summed E-state index contributed by atoms with van der Waals surface area (Å²) < 4.78 is 5.24. The number of fused-ring (bicyclic) bond motifs is 2. The Hall–Kier alpha value is -2.55. The molecule has 152 valence electrons. The number of amides is 2. The topological polar surface area (TPSA) is 79.5 Å². The molecule has 2 amide bonds. The van der Waals surface area contributed by atoms with E-state index >= 15 is 0 Å². The number of carbonyl (C=O) groups is 2. The minimum absolute atomic E-state index is 0.194. The Labute approximate surface area is 184 Å². The average Bonchev–Trinajstić information content (AvgIpc) is 3.24. The second-order valence-corrected chi connectivity index (χ2v) is 9.61. The number of halogens is 1. The van der Waals surface area contributed by atoms with E-state index in [2.05, 4.69) is 4.98 Å². The van der Waals surface area contributed by atoms with Crippen molar-refractivity contribution >= 4 is 52.2 Å². The Morgan fingerprint density at radius 2 is 1.70 bits per heavy atom. The highest BCUT2D eigenvalue weighted by molar-refractivity contribution is 8.00. The van der Waals surface area contributed by atoms with Gasteiger partial charge in [-0.25, -0.2) is 4.90 Å². The molecule has 0 spiro atoms. The first-order chi connectivity index (χ1) is 14.5. The summed E-state index contributed by atoms with van der Waals surface area (Å²) in [6.07, 6.45) is 0. The maximum Gasteiger partial charge on any atom is 0.305 e. The molecule has 2 aliphatic rings. The van der Waals surface area contributed by atoms with E-state index in [-0.39, 0.29) is 16.7 Å². The monoisotopic (exact) mass is 458 g/mol. The van der Waals surface area contributed by atoms with Crippen molar-refractivity contribution in [3.8, 4) is 5.75 Å². The van der Waals surface area contributed by atoms with E-state index in [0.717, 1.165) is 21.8 Å². The van der Waals surface area contributed by atoms with Crippen molar-refractivity contribution in [2.24, 2.45) is 5.92 Å². The SMILES string of the molecule is COc1ccc([C@@H]2c3sc(=O)[nH]c3S[C@H]3C(=O)N(c4ccc(Cl)cc4)C(=O)[C@H]23)cc1. The highest BCUT2D eigenvalue weighted by atomic mass is 35.5. The van der Waals surface area contributed by atoms with Gasteiger partial charge >= 0.3 is 4.87 Å². The fourth-order valence-corrected chi connectivity index (χ4v) is 6.67. The number of aromatic amines is 1. The highest BCUT2D eigenvalue weighted by Gasteiger charge is 2.56. The number of methoxy groups -OCH3 is 1. The molecule has 1 N–H and O–H groups in total. The Morgan fingerprint density at radius 3 is 2.37 bits per heavy atom. The third-order valence-corrected chi connectivity index (χ3v) is 8.04. The molecule has 9 heteroatoms. The number of ether oxygens (including phenoxy) is 1. The normalized spacial score (nSPS) is 22.7. The van der Waals surface area contributed by atoms with E-state index in [9.17, 15) is 14.4 Å². The van der Waals surface area contributed by atoms with Crippen LogP contribution in [0, 0.1) is 5.92 Å². The summed E-state index contributed by atoms with van der Waals surface area (Å²) in [6.45, 7) is 0. The van der Waals surface area contributed by atoms with Crippen molar-refractivity contribution in [2.45, 2.75) is 16.2 Å². The van der Waals surface area contributed by atoms with Crippen LogP contribution < -0.4 is 14.5 Å². The zero-order chi connectivity index (χ0) is 21.0. The lowest BCUT2D eigenvalue weighted by atomic mass is 9.83. The Kier molecular flexibility index (Phi) is 4.72. The zero-order valence-corrected chi connectivity index (χ0v) is 18.0. The minimum atomic E-state index is -0.613. The summed E-state index contributed by atoms with van der Waals surface area (Å²) in [7, 11) is 1.58. The number of hydrogen-bond acceptors (Lipinski definition) is 6. The van der Waals surface area contributed by atoms with Gasteiger partial charge in [-0.05, 0) is 42.0 Å². The van der Waals surface area contributed by atoms with Gasteiger partial charge in [0.15, 0.2) is 0 Å². The van der Waals surface area contributed by atoms with Crippen LogP contribution in [0.15, 0.2) is 58.4 Å². The smallest absolute Gasteiger partial charge is 0.305 e. The molecule has 6 nitrogen and oxygen atoms in total. The summed E-state index contributed by atoms with van der Waals surface area (Å²) in [5.41, 5.74) is 1.36. The molecule has 30 heavy (non-hydrogen) atoms. The first-order valence-electron chi connectivity index (χ1n) is 9.15. The first kappa shape index (κ1) is 19.4. The molecule has 1 fully saturated rings. The first-order valence-corrected chi connectivity index (χ1v) is 11.2. The number of rotatable bonds is 3. The maximum absolute atomic E-state index is 13.5. The van der Waals surface area contributed by atoms with Crippen LogP contribution in [0.5, 0.6) is 5.75 Å². The van der Waals surface area contributed by atoms with Crippen LogP contribution >= 0.6 is 34.7 Å². The van der Waals surface area contributed by atoms with E-state index < -0.39 is 17.1 Å². The quantitative estimate of drug-likeness (QED) is 0.602. The van der Waals surface area contributed by atoms with Gasteiger partial charge in [-0.1, -0.05) is 46.8 Å². The van der Waals surface area contributed by atoms with Gasteiger partial charge in [-0.15, -0.1) is 0 Å². The number of anilines is 1. The van der Waals surface area contributed by atoms with Crippen LogP contribution in [0.2, 0.25) is 5.02 Å². The average molecular weight is 459 g/mol. The maximum atomic E-state index is 13.5. The number of thiazole rings is 1. The lowest BCUT2D eigenvalue weighted by molar-refractivity contribution is -0.122. The number of hydrogen-bond donors (Lipinski definition) is 1. The largest absolute Gasteiger partial charge is 0.497 e. The second kappa shape index (κ2) is 7.30. The summed E-state index contributed by atoms with van der Waals surface area (Å²) in [5, 5.41) is 0.574. The molecule has 5 rings (SSSR count). The number of nitrogens with one attached hydrogen (secondary N) is 1. The Balaban J connectivity index is 1.63. The van der Waals surface area contributed by atoms with Crippen LogP contribution in [-0.2, 0) is 9.59 Å². The van der Waals surface area contributed by atoms with Gasteiger partial charge in [0, 0.05) is 15.8 Å². The molecule has 1 saturated heterocycles. The minimum Gasteiger partial charge on any atom is -0.497 e. The van der Waals surface area contributed by atoms with E-state index in [1.807, 2.05) is 24.3 Å². The van der Waals surface area contributed by atoms with Gasteiger partial charge in [-0.3, -0.25) is 14.4 Å². The van der Waals surface area contributed by atoms with Gasteiger partial charge in [0.05, 0.1) is 23.7 Å². The molecule has 1 aromatic heterocycles. The van der Waals surface area contributed by atoms with Crippen LogP contribution in [0.25, 0.3) is 0 Å². The lowest BCUT2D eigenvalue weighted by Gasteiger charge is -2.29. The molecule has 0 aliphatic carbocycles. The Morgan fingerprint density at radius 1 is 1.00 bits per heavy atom. The van der Waals surface area contributed by atoms with Gasteiger partial charge in [0.25, 0.3) is 0 Å². The fraction of sp³-hybridized carbons (Fsp3) is 0.190. The molecule has 3 aromatic rings.